The zero-order valence-corrected chi connectivity index (χ0v) is 18.6. The molecule has 0 bridgehead atoms. The Kier molecular flexibility index (Phi) is 7.42. The molecule has 2 saturated carbocycles. The number of aliphatic hydroxyl groups is 1. The highest BCUT2D eigenvalue weighted by molar-refractivity contribution is 5.94. The average Bonchev–Trinajstić information content (AvgIpc) is 3.17. The fraction of sp³-hybridized carbons (Fsp3) is 0.600. The van der Waals surface area contributed by atoms with Gasteiger partial charge >= 0.3 is 5.97 Å². The normalized spacial score (nSPS) is 29.2. The van der Waals surface area contributed by atoms with Crippen molar-refractivity contribution in [3.8, 4) is 5.75 Å². The van der Waals surface area contributed by atoms with E-state index < -0.39 is 11.6 Å². The van der Waals surface area contributed by atoms with E-state index in [-0.39, 0.29) is 29.9 Å². The molecule has 2 N–H and O–H groups in total. The lowest BCUT2D eigenvalue weighted by atomic mass is 9.87. The standard InChI is InChI=1S/C25H35NO5/c1-4-22(19-14-15-25(30,5-2)16-19)26(3)23(27)17-6-10-20(11-7-17)31-21-12-8-18(9-13-21)24(28)29/h4,6-7,10-11,18-19,21-22,30H,1,5,8-9,12-16H2,2-3H3,(H,28,29). The number of aliphatic carboxylic acids is 1. The van der Waals surface area contributed by atoms with E-state index in [9.17, 15) is 14.7 Å². The zero-order valence-electron chi connectivity index (χ0n) is 18.6. The quantitative estimate of drug-likeness (QED) is 0.603. The summed E-state index contributed by atoms with van der Waals surface area (Å²) in [6, 6.07) is 7.04. The lowest BCUT2D eigenvalue weighted by Crippen LogP contribution is -2.40. The summed E-state index contributed by atoms with van der Waals surface area (Å²) in [4.78, 5) is 25.9. The molecular weight excluding hydrogens is 394 g/mol. The highest BCUT2D eigenvalue weighted by atomic mass is 16.5. The maximum Gasteiger partial charge on any atom is 0.306 e. The Bertz CT molecular complexity index is 784. The van der Waals surface area contributed by atoms with Crippen LogP contribution < -0.4 is 4.74 Å². The molecule has 0 saturated heterocycles. The molecule has 170 valence electrons. The number of hydrogen-bond donors (Lipinski definition) is 2. The summed E-state index contributed by atoms with van der Waals surface area (Å²) in [7, 11) is 1.79. The maximum atomic E-state index is 13.1. The number of carboxylic acid groups (broad SMARTS) is 1. The van der Waals surface area contributed by atoms with Crippen LogP contribution >= 0.6 is 0 Å². The van der Waals surface area contributed by atoms with Crippen molar-refractivity contribution in [1.82, 2.24) is 4.90 Å². The van der Waals surface area contributed by atoms with Gasteiger partial charge in [-0.2, -0.15) is 0 Å². The van der Waals surface area contributed by atoms with Gasteiger partial charge in [0.15, 0.2) is 0 Å². The smallest absolute Gasteiger partial charge is 0.306 e. The van der Waals surface area contributed by atoms with Crippen LogP contribution in [0.2, 0.25) is 0 Å². The maximum absolute atomic E-state index is 13.1. The Morgan fingerprint density at radius 2 is 1.87 bits per heavy atom. The van der Waals surface area contributed by atoms with Gasteiger partial charge in [0, 0.05) is 12.6 Å². The molecule has 1 amide bonds. The number of amides is 1. The van der Waals surface area contributed by atoms with E-state index in [1.165, 1.54) is 0 Å². The number of carbonyl (C=O) groups is 2. The Balaban J connectivity index is 1.58. The SMILES string of the molecule is C=CC(C1CCC(O)(CC)C1)N(C)C(=O)c1ccc(OC2CCC(C(=O)O)CC2)cc1. The van der Waals surface area contributed by atoms with Gasteiger partial charge in [-0.1, -0.05) is 13.0 Å². The third-order valence-electron chi connectivity index (χ3n) is 7.20. The van der Waals surface area contributed by atoms with Gasteiger partial charge in [0.1, 0.15) is 5.75 Å². The summed E-state index contributed by atoms with van der Waals surface area (Å²) in [5.41, 5.74) is -0.0432. The third-order valence-corrected chi connectivity index (χ3v) is 7.20. The Hall–Kier alpha value is -2.34. The van der Waals surface area contributed by atoms with Gasteiger partial charge in [-0.3, -0.25) is 9.59 Å². The minimum Gasteiger partial charge on any atom is -0.490 e. The topological polar surface area (TPSA) is 87.1 Å². The van der Waals surface area contributed by atoms with Crippen molar-refractivity contribution in [2.24, 2.45) is 11.8 Å². The van der Waals surface area contributed by atoms with Crippen molar-refractivity contribution in [1.29, 1.82) is 0 Å². The van der Waals surface area contributed by atoms with E-state index in [2.05, 4.69) is 6.58 Å². The highest BCUT2D eigenvalue weighted by Gasteiger charge is 2.40. The number of benzene rings is 1. The molecular formula is C25H35NO5. The van der Waals surface area contributed by atoms with Crippen LogP contribution in [0.25, 0.3) is 0 Å². The molecule has 31 heavy (non-hydrogen) atoms. The minimum atomic E-state index is -0.722. The van der Waals surface area contributed by atoms with Crippen molar-refractivity contribution < 1.29 is 24.5 Å². The molecule has 0 aromatic heterocycles. The van der Waals surface area contributed by atoms with Crippen molar-refractivity contribution in [2.45, 2.75) is 76.0 Å². The summed E-state index contributed by atoms with van der Waals surface area (Å²) in [5.74, 6) is -0.158. The Morgan fingerprint density at radius 1 is 1.23 bits per heavy atom. The molecule has 0 aliphatic heterocycles. The minimum absolute atomic E-state index is 0.0182. The van der Waals surface area contributed by atoms with E-state index in [0.29, 0.717) is 30.6 Å². The van der Waals surface area contributed by atoms with Crippen LogP contribution in [0.1, 0.15) is 68.6 Å². The Labute approximate surface area is 184 Å². The van der Waals surface area contributed by atoms with Gasteiger partial charge in [0.05, 0.1) is 23.7 Å². The van der Waals surface area contributed by atoms with Crippen LogP contribution in [-0.4, -0.2) is 51.8 Å². The predicted molar refractivity (Wildman–Crippen MR) is 119 cm³/mol. The largest absolute Gasteiger partial charge is 0.490 e. The second kappa shape index (κ2) is 9.86. The number of rotatable bonds is 8. The monoisotopic (exact) mass is 429 g/mol. The summed E-state index contributed by atoms with van der Waals surface area (Å²) < 4.78 is 6.00. The molecule has 1 aromatic rings. The van der Waals surface area contributed by atoms with Gasteiger partial charge < -0.3 is 19.8 Å². The van der Waals surface area contributed by atoms with Crippen LogP contribution in [0.15, 0.2) is 36.9 Å². The fourth-order valence-corrected chi connectivity index (χ4v) is 5.06. The number of ether oxygens (including phenoxy) is 1. The van der Waals surface area contributed by atoms with Gasteiger partial charge in [-0.05, 0) is 81.5 Å². The van der Waals surface area contributed by atoms with E-state index >= 15 is 0 Å². The van der Waals surface area contributed by atoms with E-state index in [0.717, 1.165) is 32.1 Å². The molecule has 2 fully saturated rings. The molecule has 6 heteroatoms. The lowest BCUT2D eigenvalue weighted by molar-refractivity contribution is -0.143. The summed E-state index contributed by atoms with van der Waals surface area (Å²) in [6.45, 7) is 5.94. The first-order valence-electron chi connectivity index (χ1n) is 11.4. The zero-order chi connectivity index (χ0) is 22.6. The van der Waals surface area contributed by atoms with E-state index in [1.54, 1.807) is 36.2 Å². The average molecular weight is 430 g/mol. The second-order valence-electron chi connectivity index (χ2n) is 9.18. The number of likely N-dealkylation sites (N-methyl/N-ethyl adjacent to an activating group) is 1. The number of carboxylic acids is 1. The van der Waals surface area contributed by atoms with Crippen molar-refractivity contribution >= 4 is 11.9 Å². The van der Waals surface area contributed by atoms with Crippen molar-refractivity contribution in [2.75, 3.05) is 7.05 Å². The summed E-state index contributed by atoms with van der Waals surface area (Å²) >= 11 is 0. The van der Waals surface area contributed by atoms with Crippen LogP contribution in [-0.2, 0) is 4.79 Å². The first kappa shape index (κ1) is 23.3. The molecule has 3 atom stereocenters. The number of hydrogen-bond acceptors (Lipinski definition) is 4. The van der Waals surface area contributed by atoms with Crippen LogP contribution in [0.3, 0.4) is 0 Å². The van der Waals surface area contributed by atoms with E-state index in [1.807, 2.05) is 13.0 Å². The highest BCUT2D eigenvalue weighted by Crippen LogP contribution is 2.40. The first-order valence-corrected chi connectivity index (χ1v) is 11.4. The molecule has 1 aromatic carbocycles. The molecule has 2 aliphatic rings. The van der Waals surface area contributed by atoms with Crippen molar-refractivity contribution in [3.05, 3.63) is 42.5 Å². The predicted octanol–water partition coefficient (Wildman–Crippen LogP) is 4.28. The lowest BCUT2D eigenvalue weighted by Gasteiger charge is -2.31. The Morgan fingerprint density at radius 3 is 2.39 bits per heavy atom. The third kappa shape index (κ3) is 5.48. The number of nitrogens with zero attached hydrogens (tertiary/aromatic N) is 1. The molecule has 2 aliphatic carbocycles. The van der Waals surface area contributed by atoms with Crippen LogP contribution in [0, 0.1) is 11.8 Å². The van der Waals surface area contributed by atoms with Crippen LogP contribution in [0.5, 0.6) is 5.75 Å². The molecule has 3 rings (SSSR count). The molecule has 0 radical (unpaired) electrons. The summed E-state index contributed by atoms with van der Waals surface area (Å²) in [6.07, 6.45) is 7.63. The van der Waals surface area contributed by atoms with Gasteiger partial charge in [-0.15, -0.1) is 6.58 Å². The summed E-state index contributed by atoms with van der Waals surface area (Å²) in [5, 5.41) is 19.7. The fourth-order valence-electron chi connectivity index (χ4n) is 5.06. The first-order chi connectivity index (χ1) is 14.8. The molecule has 3 unspecified atom stereocenters. The van der Waals surface area contributed by atoms with Gasteiger partial charge in [0.2, 0.25) is 0 Å². The van der Waals surface area contributed by atoms with Gasteiger partial charge in [0.25, 0.3) is 5.91 Å². The second-order valence-corrected chi connectivity index (χ2v) is 9.18. The number of carbonyl (C=O) groups excluding carboxylic acids is 1. The van der Waals surface area contributed by atoms with Crippen LogP contribution in [0.4, 0.5) is 0 Å². The van der Waals surface area contributed by atoms with Gasteiger partial charge in [-0.25, -0.2) is 0 Å². The molecule has 0 spiro atoms. The molecule has 0 heterocycles. The van der Waals surface area contributed by atoms with Crippen molar-refractivity contribution in [3.63, 3.8) is 0 Å². The van der Waals surface area contributed by atoms with E-state index in [4.69, 9.17) is 9.84 Å². The molecule has 6 nitrogen and oxygen atoms in total.